The fraction of sp³-hybridized carbons (Fsp3) is 0.412. The summed E-state index contributed by atoms with van der Waals surface area (Å²) in [7, 11) is 0. The van der Waals surface area contributed by atoms with Gasteiger partial charge in [0.1, 0.15) is 12.0 Å². The Labute approximate surface area is 138 Å². The number of hydrogen-bond acceptors (Lipinski definition) is 4. The van der Waals surface area contributed by atoms with Gasteiger partial charge in [-0.15, -0.1) is 0 Å². The highest BCUT2D eigenvalue weighted by Gasteiger charge is 2.29. The largest absolute Gasteiger partial charge is 0.481 e. The van der Waals surface area contributed by atoms with Crippen LogP contribution in [0.1, 0.15) is 38.1 Å². The van der Waals surface area contributed by atoms with Gasteiger partial charge in [0.05, 0.1) is 24.4 Å². The molecule has 2 N–H and O–H groups in total. The van der Waals surface area contributed by atoms with Crippen molar-refractivity contribution in [3.63, 3.8) is 0 Å². The highest BCUT2D eigenvalue weighted by atomic mass is 16.4. The molecule has 3 aromatic rings. The number of carboxylic acid groups (broad SMARTS) is 1. The van der Waals surface area contributed by atoms with Gasteiger partial charge in [0.15, 0.2) is 0 Å². The highest BCUT2D eigenvalue weighted by Crippen LogP contribution is 2.36. The number of rotatable bonds is 5. The van der Waals surface area contributed by atoms with E-state index in [1.807, 2.05) is 23.1 Å². The Bertz CT molecular complexity index is 863. The van der Waals surface area contributed by atoms with Gasteiger partial charge in [-0.1, -0.05) is 12.8 Å². The lowest BCUT2D eigenvalue weighted by atomic mass is 9.95. The number of H-pyrrole nitrogens is 1. The molecule has 0 saturated heterocycles. The third-order valence-corrected chi connectivity index (χ3v) is 4.90. The first-order chi connectivity index (χ1) is 11.7. The normalized spacial score (nSPS) is 16.7. The van der Waals surface area contributed by atoms with Gasteiger partial charge >= 0.3 is 5.97 Å². The van der Waals surface area contributed by atoms with Crippen molar-refractivity contribution in [3.8, 4) is 11.3 Å². The Kier molecular flexibility index (Phi) is 3.76. The summed E-state index contributed by atoms with van der Waals surface area (Å²) >= 11 is 0. The van der Waals surface area contributed by atoms with Crippen LogP contribution in [0, 0.1) is 5.92 Å². The Balaban J connectivity index is 1.69. The topological polar surface area (TPSA) is 96.7 Å². The molecule has 4 rings (SSSR count). The first kappa shape index (κ1) is 14.9. The van der Waals surface area contributed by atoms with Gasteiger partial charge in [0, 0.05) is 23.3 Å². The van der Waals surface area contributed by atoms with Crippen molar-refractivity contribution in [1.82, 2.24) is 24.7 Å². The second-order valence-electron chi connectivity index (χ2n) is 6.38. The average Bonchev–Trinajstić information content (AvgIpc) is 3.32. The molecular weight excluding hydrogens is 306 g/mol. The molecule has 3 aromatic heterocycles. The molecular formula is C17H19N5O2. The number of carboxylic acids is 1. The van der Waals surface area contributed by atoms with Crippen molar-refractivity contribution < 1.29 is 9.90 Å². The Hall–Kier alpha value is -2.70. The molecule has 0 aliphatic heterocycles. The van der Waals surface area contributed by atoms with Crippen LogP contribution >= 0.6 is 0 Å². The number of aliphatic carboxylic acids is 1. The number of nitrogens with one attached hydrogen (secondary N) is 1. The first-order valence-electron chi connectivity index (χ1n) is 8.27. The lowest BCUT2D eigenvalue weighted by Gasteiger charge is -2.22. The first-order valence-corrected chi connectivity index (χ1v) is 8.27. The van der Waals surface area contributed by atoms with Crippen molar-refractivity contribution in [2.24, 2.45) is 5.92 Å². The number of aromatic amines is 1. The predicted octanol–water partition coefficient (Wildman–Crippen LogP) is 3.03. The Morgan fingerprint density at radius 3 is 3.00 bits per heavy atom. The third kappa shape index (κ3) is 2.66. The predicted molar refractivity (Wildman–Crippen MR) is 88.4 cm³/mol. The van der Waals surface area contributed by atoms with Crippen LogP contribution in [0.15, 0.2) is 31.0 Å². The van der Waals surface area contributed by atoms with Crippen molar-refractivity contribution in [3.05, 3.63) is 31.0 Å². The van der Waals surface area contributed by atoms with E-state index >= 15 is 0 Å². The van der Waals surface area contributed by atoms with Crippen LogP contribution in [0.5, 0.6) is 0 Å². The molecule has 0 bridgehead atoms. The van der Waals surface area contributed by atoms with E-state index in [4.69, 9.17) is 0 Å². The molecule has 0 aromatic carbocycles. The number of fused-ring (bicyclic) bond motifs is 1. The van der Waals surface area contributed by atoms with Crippen LogP contribution in [0.2, 0.25) is 0 Å². The van der Waals surface area contributed by atoms with E-state index in [9.17, 15) is 9.90 Å². The Morgan fingerprint density at radius 1 is 1.38 bits per heavy atom. The van der Waals surface area contributed by atoms with Crippen LogP contribution in [-0.4, -0.2) is 35.8 Å². The molecule has 0 unspecified atom stereocenters. The van der Waals surface area contributed by atoms with Crippen LogP contribution in [0.25, 0.3) is 22.3 Å². The van der Waals surface area contributed by atoms with Crippen LogP contribution < -0.4 is 0 Å². The van der Waals surface area contributed by atoms with Gasteiger partial charge in [0.25, 0.3) is 0 Å². The molecule has 1 saturated carbocycles. The van der Waals surface area contributed by atoms with E-state index in [1.165, 1.54) is 19.2 Å². The maximum atomic E-state index is 11.3. The number of hydrogen-bond donors (Lipinski definition) is 2. The van der Waals surface area contributed by atoms with Gasteiger partial charge in [0.2, 0.25) is 0 Å². The molecule has 0 spiro atoms. The van der Waals surface area contributed by atoms with Crippen LogP contribution in [0.4, 0.5) is 0 Å². The fourth-order valence-corrected chi connectivity index (χ4v) is 3.74. The summed E-state index contributed by atoms with van der Waals surface area (Å²) in [5.41, 5.74) is 2.48. The smallest absolute Gasteiger partial charge is 0.305 e. The lowest BCUT2D eigenvalue weighted by molar-refractivity contribution is -0.138. The zero-order valence-corrected chi connectivity index (χ0v) is 13.2. The summed E-state index contributed by atoms with van der Waals surface area (Å²) < 4.78 is 1.82. The van der Waals surface area contributed by atoms with Gasteiger partial charge in [-0.05, 0) is 24.8 Å². The quantitative estimate of drug-likeness (QED) is 0.751. The molecule has 1 atom stereocenters. The highest BCUT2D eigenvalue weighted by molar-refractivity contribution is 5.89. The van der Waals surface area contributed by atoms with Crippen LogP contribution in [-0.2, 0) is 4.79 Å². The van der Waals surface area contributed by atoms with Gasteiger partial charge in [-0.25, -0.2) is 9.97 Å². The number of aromatic nitrogens is 5. The van der Waals surface area contributed by atoms with E-state index in [0.717, 1.165) is 35.1 Å². The van der Waals surface area contributed by atoms with E-state index in [1.54, 1.807) is 6.20 Å². The Morgan fingerprint density at radius 2 is 2.21 bits per heavy atom. The molecule has 1 aliphatic carbocycles. The van der Waals surface area contributed by atoms with E-state index in [-0.39, 0.29) is 12.5 Å². The minimum atomic E-state index is -0.779. The van der Waals surface area contributed by atoms with Crippen molar-refractivity contribution in [2.75, 3.05) is 0 Å². The molecule has 24 heavy (non-hydrogen) atoms. The summed E-state index contributed by atoms with van der Waals surface area (Å²) in [6.45, 7) is 0. The van der Waals surface area contributed by atoms with E-state index in [0.29, 0.717) is 5.92 Å². The van der Waals surface area contributed by atoms with Crippen LogP contribution in [0.3, 0.4) is 0 Å². The van der Waals surface area contributed by atoms with Crippen molar-refractivity contribution >= 4 is 17.0 Å². The zero-order chi connectivity index (χ0) is 16.5. The third-order valence-electron chi connectivity index (χ3n) is 4.90. The summed E-state index contributed by atoms with van der Waals surface area (Å²) in [5.74, 6) is -0.398. The minimum absolute atomic E-state index is 0.0951. The molecule has 1 aliphatic rings. The molecule has 7 nitrogen and oxygen atoms in total. The maximum Gasteiger partial charge on any atom is 0.305 e. The fourth-order valence-electron chi connectivity index (χ4n) is 3.74. The molecule has 7 heteroatoms. The van der Waals surface area contributed by atoms with E-state index in [2.05, 4.69) is 20.1 Å². The SMILES string of the molecule is O=C(O)C[C@H](C1CCCC1)n1cc(-c2ncnc3[nH]ccc23)cn1. The second-order valence-corrected chi connectivity index (χ2v) is 6.38. The van der Waals surface area contributed by atoms with Gasteiger partial charge in [-0.2, -0.15) is 5.10 Å². The summed E-state index contributed by atoms with van der Waals surface area (Å²) in [5, 5.41) is 14.7. The molecule has 3 heterocycles. The van der Waals surface area contributed by atoms with Crippen molar-refractivity contribution in [1.29, 1.82) is 0 Å². The van der Waals surface area contributed by atoms with E-state index < -0.39 is 5.97 Å². The summed E-state index contributed by atoms with van der Waals surface area (Å²) in [6.07, 6.45) is 11.6. The minimum Gasteiger partial charge on any atom is -0.481 e. The molecule has 0 radical (unpaired) electrons. The zero-order valence-electron chi connectivity index (χ0n) is 13.2. The van der Waals surface area contributed by atoms with Gasteiger partial charge < -0.3 is 10.1 Å². The molecule has 124 valence electrons. The average molecular weight is 325 g/mol. The standard InChI is InChI=1S/C17H19N5O2/c23-15(24)7-14(11-3-1-2-4-11)22-9-12(8-21-22)16-13-5-6-18-17(13)20-10-19-16/h5-6,8-11,14H,1-4,7H2,(H,23,24)(H,18,19,20)/t14-/m1/s1. The number of carbonyl (C=O) groups is 1. The monoisotopic (exact) mass is 325 g/mol. The van der Waals surface area contributed by atoms with Gasteiger partial charge in [-0.3, -0.25) is 9.48 Å². The molecule has 0 amide bonds. The summed E-state index contributed by atoms with van der Waals surface area (Å²) in [4.78, 5) is 22.9. The maximum absolute atomic E-state index is 11.3. The summed E-state index contributed by atoms with van der Waals surface area (Å²) in [6, 6.07) is 1.84. The lowest BCUT2D eigenvalue weighted by Crippen LogP contribution is -2.21. The second kappa shape index (κ2) is 6.07. The number of nitrogens with zero attached hydrogens (tertiary/aromatic N) is 4. The van der Waals surface area contributed by atoms with Crippen molar-refractivity contribution in [2.45, 2.75) is 38.1 Å². The molecule has 1 fully saturated rings.